The Morgan fingerprint density at radius 1 is 0.400 bits per heavy atom. The van der Waals surface area contributed by atoms with Gasteiger partial charge >= 0.3 is 6.85 Å². The molecule has 5 aliphatic rings. The molecule has 4 aliphatic heterocycles. The highest BCUT2D eigenvalue weighted by Crippen LogP contribution is 2.55. The first-order valence-corrected chi connectivity index (χ1v) is 24.2. The molecule has 0 unspecified atom stereocenters. The number of hydrogen-bond donors (Lipinski definition) is 0. The Bertz CT molecular complexity index is 3230. The molecule has 4 heteroatoms. The normalized spacial score (nSPS) is 15.8. The minimum atomic E-state index is -0.133. The summed E-state index contributed by atoms with van der Waals surface area (Å²) < 4.78 is 0. The van der Waals surface area contributed by atoms with E-state index < -0.39 is 0 Å². The van der Waals surface area contributed by atoms with Gasteiger partial charge in [-0.05, 0) is 135 Å². The van der Waals surface area contributed by atoms with E-state index in [0.717, 1.165) is 0 Å². The van der Waals surface area contributed by atoms with Crippen molar-refractivity contribution >= 4 is 69.3 Å². The van der Waals surface area contributed by atoms with Crippen LogP contribution >= 0.6 is 0 Å². The monoisotopic (exact) mass is 845 g/mol. The smallest absolute Gasteiger partial charge is 0.329 e. The van der Waals surface area contributed by atoms with Crippen LogP contribution in [-0.2, 0) is 27.1 Å². The molecule has 4 heterocycles. The Kier molecular flexibility index (Phi) is 8.02. The van der Waals surface area contributed by atoms with E-state index in [2.05, 4.69) is 228 Å². The van der Waals surface area contributed by atoms with Crippen LogP contribution in [0.1, 0.15) is 130 Å². The van der Waals surface area contributed by atoms with Gasteiger partial charge < -0.3 is 9.71 Å². The molecule has 7 aromatic rings. The van der Waals surface area contributed by atoms with Crippen molar-refractivity contribution in [3.05, 3.63) is 155 Å². The lowest BCUT2D eigenvalue weighted by Gasteiger charge is -2.52. The molecule has 0 fully saturated rings. The molecule has 0 bridgehead atoms. The summed E-state index contributed by atoms with van der Waals surface area (Å²) in [6.45, 7) is 33.2. The number of benzene rings is 7. The third-order valence-corrected chi connectivity index (χ3v) is 16.1. The van der Waals surface area contributed by atoms with Gasteiger partial charge in [0.25, 0.3) is 6.71 Å². The zero-order chi connectivity index (χ0) is 45.7. The van der Waals surface area contributed by atoms with Crippen molar-refractivity contribution in [2.24, 2.45) is 0 Å². The number of nitrogens with zero attached hydrogens (tertiary/aromatic N) is 2. The summed E-state index contributed by atoms with van der Waals surface area (Å²) in [5, 5.41) is 0. The zero-order valence-electron chi connectivity index (χ0n) is 41.1. The van der Waals surface area contributed by atoms with Crippen molar-refractivity contribution in [3.8, 4) is 33.4 Å². The van der Waals surface area contributed by atoms with Crippen LogP contribution in [0.4, 0.5) is 28.4 Å². The molecule has 12 rings (SSSR count). The second kappa shape index (κ2) is 12.8. The summed E-state index contributed by atoms with van der Waals surface area (Å²) in [6.07, 6.45) is 0. The molecule has 1 aliphatic carbocycles. The second-order valence-corrected chi connectivity index (χ2v) is 24.7. The van der Waals surface area contributed by atoms with Gasteiger partial charge in [-0.1, -0.05) is 188 Å². The Hall–Kier alpha value is -5.73. The first kappa shape index (κ1) is 40.8. The Morgan fingerprint density at radius 2 is 0.954 bits per heavy atom. The topological polar surface area (TPSA) is 6.48 Å². The summed E-state index contributed by atoms with van der Waals surface area (Å²) in [7, 11) is 0. The molecule has 0 radical (unpaired) electrons. The fourth-order valence-electron chi connectivity index (χ4n) is 12.3. The highest BCUT2D eigenvalue weighted by molar-refractivity contribution is 7.03. The maximum Gasteiger partial charge on any atom is 0.329 e. The van der Waals surface area contributed by atoms with E-state index >= 15 is 0 Å². The van der Waals surface area contributed by atoms with Gasteiger partial charge in [0.05, 0.1) is 0 Å². The Labute approximate surface area is 389 Å². The highest BCUT2D eigenvalue weighted by Gasteiger charge is 2.53. The molecule has 0 spiro atoms. The van der Waals surface area contributed by atoms with Crippen LogP contribution in [0.5, 0.6) is 0 Å². The molecule has 0 amide bonds. The number of rotatable bonds is 1. The van der Waals surface area contributed by atoms with Crippen molar-refractivity contribution in [1.82, 2.24) is 0 Å². The second-order valence-electron chi connectivity index (χ2n) is 24.7. The van der Waals surface area contributed by atoms with Crippen LogP contribution < -0.4 is 37.0 Å². The molecular formula is C61H62B2N2. The largest absolute Gasteiger partial charge is 0.377 e. The van der Waals surface area contributed by atoms with Gasteiger partial charge in [0.15, 0.2) is 0 Å². The molecular weight excluding hydrogens is 782 g/mol. The van der Waals surface area contributed by atoms with E-state index in [4.69, 9.17) is 0 Å². The van der Waals surface area contributed by atoms with Crippen LogP contribution in [-0.4, -0.2) is 13.6 Å². The SMILES string of the molecule is CC(C)(C)c1ccc(N2c3cc4c(cc3B3c5cc(C(C)(C)C)cc6c5N5B(c7cc(C(C)(C)C)ccc7-6)c6cc(C(C)(C)C)ccc6-c6ccc2c3c65)-c2ccccc2C4(C)C)cc1. The minimum absolute atomic E-state index is 0.00272. The molecule has 0 saturated carbocycles. The van der Waals surface area contributed by atoms with E-state index in [1.54, 1.807) is 0 Å². The van der Waals surface area contributed by atoms with Crippen LogP contribution in [0.25, 0.3) is 33.4 Å². The molecule has 322 valence electrons. The summed E-state index contributed by atoms with van der Waals surface area (Å²) in [5.74, 6) is 0. The lowest BCUT2D eigenvalue weighted by atomic mass is 9.30. The summed E-state index contributed by atoms with van der Waals surface area (Å²) in [4.78, 5) is 5.47. The zero-order valence-corrected chi connectivity index (χ0v) is 41.1. The molecule has 65 heavy (non-hydrogen) atoms. The quantitative estimate of drug-likeness (QED) is 0.152. The Morgan fingerprint density at radius 3 is 1.57 bits per heavy atom. The maximum absolute atomic E-state index is 2.84. The first-order chi connectivity index (χ1) is 30.5. The van der Waals surface area contributed by atoms with Crippen molar-refractivity contribution < 1.29 is 0 Å². The number of fused-ring (bicyclic) bond motifs is 12. The molecule has 0 aromatic heterocycles. The maximum atomic E-state index is 2.84. The minimum Gasteiger partial charge on any atom is -0.377 e. The van der Waals surface area contributed by atoms with Gasteiger partial charge in [-0.3, -0.25) is 0 Å². The van der Waals surface area contributed by atoms with Gasteiger partial charge in [0.2, 0.25) is 0 Å². The Balaban J connectivity index is 1.25. The van der Waals surface area contributed by atoms with Crippen molar-refractivity contribution in [2.75, 3.05) is 9.71 Å². The van der Waals surface area contributed by atoms with Gasteiger partial charge in [-0.15, -0.1) is 0 Å². The molecule has 0 N–H and O–H groups in total. The van der Waals surface area contributed by atoms with Gasteiger partial charge in [0, 0.05) is 45.0 Å². The van der Waals surface area contributed by atoms with E-state index in [0.29, 0.717) is 0 Å². The standard InChI is InChI=1S/C61H62B2N2/c1-57(2,3)35-19-23-39(24-20-35)64-52-28-27-43-41-25-21-36(58(4,5)6)30-48(41)63-49-31-37(59(7,8)9)22-26-42(49)45-29-38(60(10,11)12)32-51-55(45)65(63)56(43)54(52)62(51)50-33-44-40-17-15-16-18-46(40)61(13,14)47(44)34-53(50)64/h15-34H,1-14H3. The lowest BCUT2D eigenvalue weighted by Crippen LogP contribution is -2.69. The first-order valence-electron chi connectivity index (χ1n) is 24.2. The van der Waals surface area contributed by atoms with E-state index in [9.17, 15) is 0 Å². The molecule has 2 nitrogen and oxygen atoms in total. The third kappa shape index (κ3) is 5.55. The predicted octanol–water partition coefficient (Wildman–Crippen LogP) is 12.7. The lowest BCUT2D eigenvalue weighted by molar-refractivity contribution is 0.590. The average molecular weight is 845 g/mol. The van der Waals surface area contributed by atoms with Gasteiger partial charge in [-0.2, -0.15) is 0 Å². The fourth-order valence-corrected chi connectivity index (χ4v) is 12.3. The average Bonchev–Trinajstić information content (AvgIpc) is 3.47. The van der Waals surface area contributed by atoms with Gasteiger partial charge in [-0.25, -0.2) is 0 Å². The fraction of sp³-hybridized carbons (Fsp3) is 0.311. The van der Waals surface area contributed by atoms with Crippen molar-refractivity contribution in [1.29, 1.82) is 0 Å². The van der Waals surface area contributed by atoms with Gasteiger partial charge in [0.1, 0.15) is 0 Å². The molecule has 0 saturated heterocycles. The summed E-state index contributed by atoms with van der Waals surface area (Å²) >= 11 is 0. The van der Waals surface area contributed by atoms with Crippen LogP contribution in [0.2, 0.25) is 0 Å². The van der Waals surface area contributed by atoms with Crippen LogP contribution in [0.15, 0.2) is 121 Å². The molecule has 0 atom stereocenters. The third-order valence-electron chi connectivity index (χ3n) is 16.1. The molecule has 7 aromatic carbocycles. The van der Waals surface area contributed by atoms with E-state index in [-0.39, 0.29) is 40.6 Å². The van der Waals surface area contributed by atoms with Crippen LogP contribution in [0, 0.1) is 0 Å². The van der Waals surface area contributed by atoms with E-state index in [1.165, 1.54) is 123 Å². The van der Waals surface area contributed by atoms with Crippen molar-refractivity contribution in [3.63, 3.8) is 0 Å². The summed E-state index contributed by atoms with van der Waals surface area (Å²) in [5.41, 5.74) is 30.0. The number of hydrogen-bond acceptors (Lipinski definition) is 2. The highest BCUT2D eigenvalue weighted by atomic mass is 15.2. The summed E-state index contributed by atoms with van der Waals surface area (Å²) in [6, 6.07) is 48.9. The van der Waals surface area contributed by atoms with Crippen LogP contribution in [0.3, 0.4) is 0 Å². The van der Waals surface area contributed by atoms with Crippen molar-refractivity contribution in [2.45, 2.75) is 124 Å². The number of anilines is 5. The predicted molar refractivity (Wildman–Crippen MR) is 283 cm³/mol. The van der Waals surface area contributed by atoms with E-state index in [1.807, 2.05) is 0 Å².